The molecule has 0 saturated heterocycles. The van der Waals surface area contributed by atoms with Gasteiger partial charge in [0, 0.05) is 25.8 Å². The number of methoxy groups -OCH3 is 1. The van der Waals surface area contributed by atoms with E-state index in [1.807, 2.05) is 0 Å². The molecule has 0 radical (unpaired) electrons. The molecule has 2 rings (SSSR count). The Balaban J connectivity index is 1.91. The molecular weight excluding hydrogens is 316 g/mol. The largest absolute Gasteiger partial charge is 0.383 e. The van der Waals surface area contributed by atoms with Crippen LogP contribution in [0.3, 0.4) is 0 Å². The summed E-state index contributed by atoms with van der Waals surface area (Å²) in [6.45, 7) is 0.853. The fraction of sp³-hybridized carbons (Fsp3) is 0.412. The number of amides is 2. The molecule has 0 bridgehead atoms. The maximum absolute atomic E-state index is 12.0. The molecule has 6 heteroatoms. The van der Waals surface area contributed by atoms with Gasteiger partial charge < -0.3 is 15.4 Å². The van der Waals surface area contributed by atoms with E-state index in [-0.39, 0.29) is 11.8 Å². The van der Waals surface area contributed by atoms with Crippen LogP contribution in [0, 0.1) is 5.92 Å². The lowest BCUT2D eigenvalue weighted by atomic mass is 10.0. The average molecular weight is 337 g/mol. The highest BCUT2D eigenvalue weighted by molar-refractivity contribution is 6.34. The van der Waals surface area contributed by atoms with Gasteiger partial charge in [0.15, 0.2) is 0 Å². The Hall–Kier alpha value is -1.85. The Kier molecular flexibility index (Phi) is 6.62. The van der Waals surface area contributed by atoms with Gasteiger partial charge in [0.1, 0.15) is 0 Å². The van der Waals surface area contributed by atoms with Crippen molar-refractivity contribution in [2.24, 2.45) is 5.92 Å². The molecule has 0 aromatic heterocycles. The summed E-state index contributed by atoms with van der Waals surface area (Å²) in [6.07, 6.45) is 6.71. The predicted octanol–water partition coefficient (Wildman–Crippen LogP) is 3.01. The van der Waals surface area contributed by atoms with Crippen LogP contribution < -0.4 is 10.6 Å². The molecular formula is C17H21ClN2O3. The number of nitrogens with one attached hydrogen (secondary N) is 2. The van der Waals surface area contributed by atoms with Crippen molar-refractivity contribution in [2.75, 3.05) is 25.6 Å². The number of allylic oxidation sites excluding steroid dienone is 2. The van der Waals surface area contributed by atoms with Crippen molar-refractivity contribution in [3.8, 4) is 0 Å². The number of carbonyl (C=O) groups is 2. The first-order chi connectivity index (χ1) is 11.1. The lowest BCUT2D eigenvalue weighted by Crippen LogP contribution is -2.27. The highest BCUT2D eigenvalue weighted by Crippen LogP contribution is 2.23. The summed E-state index contributed by atoms with van der Waals surface area (Å²) in [5.74, 6) is 0.00670. The number of halogens is 1. The summed E-state index contributed by atoms with van der Waals surface area (Å²) >= 11 is 6.14. The van der Waals surface area contributed by atoms with Crippen molar-refractivity contribution in [1.29, 1.82) is 0 Å². The van der Waals surface area contributed by atoms with Crippen molar-refractivity contribution in [1.82, 2.24) is 5.32 Å². The molecule has 5 nitrogen and oxygen atoms in total. The van der Waals surface area contributed by atoms with Gasteiger partial charge in [-0.25, -0.2) is 0 Å². The van der Waals surface area contributed by atoms with Crippen LogP contribution in [-0.4, -0.2) is 32.1 Å². The minimum absolute atomic E-state index is 0.0464. The summed E-state index contributed by atoms with van der Waals surface area (Å²) in [4.78, 5) is 23.9. The zero-order valence-electron chi connectivity index (χ0n) is 13.1. The summed E-state index contributed by atoms with van der Waals surface area (Å²) in [6, 6.07) is 4.88. The Morgan fingerprint density at radius 3 is 2.87 bits per heavy atom. The van der Waals surface area contributed by atoms with Gasteiger partial charge in [-0.1, -0.05) is 23.8 Å². The predicted molar refractivity (Wildman–Crippen MR) is 90.8 cm³/mol. The number of ether oxygens (including phenoxy) is 1. The van der Waals surface area contributed by atoms with Gasteiger partial charge in [0.2, 0.25) is 5.91 Å². The van der Waals surface area contributed by atoms with E-state index in [4.69, 9.17) is 16.3 Å². The standard InChI is InChI=1S/C17H21ClN2O3/c1-23-9-8-19-17(22)14-7-6-13(11-15(14)18)20-16(21)10-12-4-2-3-5-12/h2,4,6-7,11-12H,3,5,8-10H2,1H3,(H,19,22)(H,20,21). The van der Waals surface area contributed by atoms with Crippen molar-refractivity contribution >= 4 is 29.1 Å². The monoisotopic (exact) mass is 336 g/mol. The van der Waals surface area contributed by atoms with Crippen molar-refractivity contribution in [3.05, 3.63) is 40.9 Å². The fourth-order valence-electron chi connectivity index (χ4n) is 2.45. The summed E-state index contributed by atoms with van der Waals surface area (Å²) in [5, 5.41) is 5.83. The summed E-state index contributed by atoms with van der Waals surface area (Å²) in [7, 11) is 1.57. The maximum atomic E-state index is 12.0. The van der Waals surface area contributed by atoms with E-state index in [2.05, 4.69) is 22.8 Å². The second kappa shape index (κ2) is 8.70. The van der Waals surface area contributed by atoms with Crippen LogP contribution in [0.25, 0.3) is 0 Å². The molecule has 1 unspecified atom stereocenters. The zero-order valence-corrected chi connectivity index (χ0v) is 13.9. The van der Waals surface area contributed by atoms with Gasteiger partial charge in [-0.05, 0) is 37.0 Å². The van der Waals surface area contributed by atoms with E-state index in [1.54, 1.807) is 25.3 Å². The van der Waals surface area contributed by atoms with Crippen LogP contribution in [0.4, 0.5) is 5.69 Å². The molecule has 1 aromatic carbocycles. The third-order valence-corrected chi connectivity index (χ3v) is 3.96. The van der Waals surface area contributed by atoms with E-state index >= 15 is 0 Å². The van der Waals surface area contributed by atoms with Crippen LogP contribution in [0.15, 0.2) is 30.4 Å². The molecule has 0 aliphatic heterocycles. The highest BCUT2D eigenvalue weighted by atomic mass is 35.5. The number of rotatable bonds is 7. The van der Waals surface area contributed by atoms with Crippen LogP contribution in [0.2, 0.25) is 5.02 Å². The van der Waals surface area contributed by atoms with Gasteiger partial charge in [0.25, 0.3) is 5.91 Å². The van der Waals surface area contributed by atoms with Crippen LogP contribution in [0.1, 0.15) is 29.6 Å². The molecule has 0 spiro atoms. The van der Waals surface area contributed by atoms with E-state index in [0.29, 0.717) is 41.8 Å². The van der Waals surface area contributed by atoms with E-state index in [0.717, 1.165) is 12.8 Å². The Bertz CT molecular complexity index is 602. The third kappa shape index (κ3) is 5.37. The van der Waals surface area contributed by atoms with Gasteiger partial charge in [0.05, 0.1) is 17.2 Å². The molecule has 1 aliphatic carbocycles. The molecule has 1 aliphatic rings. The molecule has 23 heavy (non-hydrogen) atoms. The number of anilines is 1. The van der Waals surface area contributed by atoms with Gasteiger partial charge >= 0.3 is 0 Å². The normalized spacial score (nSPS) is 16.3. The third-order valence-electron chi connectivity index (χ3n) is 3.65. The lowest BCUT2D eigenvalue weighted by Gasteiger charge is -2.11. The Morgan fingerprint density at radius 2 is 2.22 bits per heavy atom. The topological polar surface area (TPSA) is 67.4 Å². The highest BCUT2D eigenvalue weighted by Gasteiger charge is 2.15. The molecule has 0 fully saturated rings. The number of carbonyl (C=O) groups excluding carboxylic acids is 2. The number of hydrogen-bond donors (Lipinski definition) is 2. The van der Waals surface area contributed by atoms with Crippen LogP contribution in [-0.2, 0) is 9.53 Å². The van der Waals surface area contributed by atoms with Crippen molar-refractivity contribution < 1.29 is 14.3 Å². The minimum atomic E-state index is -0.263. The van der Waals surface area contributed by atoms with Crippen molar-refractivity contribution in [3.63, 3.8) is 0 Å². The molecule has 1 aromatic rings. The fourth-order valence-corrected chi connectivity index (χ4v) is 2.72. The second-order valence-electron chi connectivity index (χ2n) is 5.46. The Labute approximate surface area is 141 Å². The van der Waals surface area contributed by atoms with E-state index in [9.17, 15) is 9.59 Å². The van der Waals surface area contributed by atoms with Gasteiger partial charge in [-0.15, -0.1) is 0 Å². The summed E-state index contributed by atoms with van der Waals surface area (Å²) in [5.41, 5.74) is 0.968. The summed E-state index contributed by atoms with van der Waals surface area (Å²) < 4.78 is 4.88. The van der Waals surface area contributed by atoms with Crippen LogP contribution >= 0.6 is 11.6 Å². The van der Waals surface area contributed by atoms with E-state index < -0.39 is 0 Å². The van der Waals surface area contributed by atoms with E-state index in [1.165, 1.54) is 0 Å². The maximum Gasteiger partial charge on any atom is 0.252 e. The molecule has 124 valence electrons. The SMILES string of the molecule is COCCNC(=O)c1ccc(NC(=O)CC2C=CCC2)cc1Cl. The van der Waals surface area contributed by atoms with Gasteiger partial charge in [-0.2, -0.15) is 0 Å². The molecule has 0 heterocycles. The zero-order chi connectivity index (χ0) is 16.7. The average Bonchev–Trinajstić information content (AvgIpc) is 3.00. The Morgan fingerprint density at radius 1 is 1.39 bits per heavy atom. The minimum Gasteiger partial charge on any atom is -0.383 e. The van der Waals surface area contributed by atoms with Crippen molar-refractivity contribution in [2.45, 2.75) is 19.3 Å². The molecule has 2 amide bonds. The molecule has 0 saturated carbocycles. The molecule has 1 atom stereocenters. The first-order valence-corrected chi connectivity index (χ1v) is 8.01. The molecule has 2 N–H and O–H groups in total. The number of benzene rings is 1. The second-order valence-corrected chi connectivity index (χ2v) is 5.87. The van der Waals surface area contributed by atoms with Gasteiger partial charge in [-0.3, -0.25) is 9.59 Å². The quantitative estimate of drug-likeness (QED) is 0.594. The lowest BCUT2D eigenvalue weighted by molar-refractivity contribution is -0.116. The first-order valence-electron chi connectivity index (χ1n) is 7.63. The first kappa shape index (κ1) is 17.5. The smallest absolute Gasteiger partial charge is 0.252 e. The number of hydrogen-bond acceptors (Lipinski definition) is 3. The van der Waals surface area contributed by atoms with Crippen LogP contribution in [0.5, 0.6) is 0 Å².